The smallest absolute Gasteiger partial charge is 0.320 e. The first-order valence-electron chi connectivity index (χ1n) is 7.35. The van der Waals surface area contributed by atoms with E-state index in [9.17, 15) is 9.59 Å². The lowest BCUT2D eigenvalue weighted by Gasteiger charge is -2.15. The Morgan fingerprint density at radius 2 is 1.24 bits per heavy atom. The molecule has 6 nitrogen and oxygen atoms in total. The molecule has 0 bridgehead atoms. The van der Waals surface area contributed by atoms with Crippen molar-refractivity contribution in [2.45, 2.75) is 52.2 Å². The summed E-state index contributed by atoms with van der Waals surface area (Å²) in [6, 6.07) is 0. The van der Waals surface area contributed by atoms with E-state index in [1.165, 1.54) is 0 Å². The third-order valence-corrected chi connectivity index (χ3v) is 3.32. The molecule has 0 heterocycles. The zero-order chi connectivity index (χ0) is 16.3. The molecule has 2 unspecified atom stereocenters. The first-order chi connectivity index (χ1) is 9.96. The largest absolute Gasteiger partial charge is 0.465 e. The third-order valence-electron chi connectivity index (χ3n) is 3.32. The van der Waals surface area contributed by atoms with Crippen LogP contribution in [0.25, 0.3) is 0 Å². The van der Waals surface area contributed by atoms with Gasteiger partial charge in [0.25, 0.3) is 0 Å². The van der Waals surface area contributed by atoms with Crippen LogP contribution in [0.3, 0.4) is 0 Å². The van der Waals surface area contributed by atoms with E-state index in [4.69, 9.17) is 18.9 Å². The van der Waals surface area contributed by atoms with Gasteiger partial charge in [-0.05, 0) is 20.3 Å². The zero-order valence-corrected chi connectivity index (χ0v) is 13.7. The molecule has 21 heavy (non-hydrogen) atoms. The van der Waals surface area contributed by atoms with Gasteiger partial charge in [-0.15, -0.1) is 0 Å². The highest BCUT2D eigenvalue weighted by atomic mass is 16.6. The van der Waals surface area contributed by atoms with Crippen LogP contribution in [0.5, 0.6) is 0 Å². The van der Waals surface area contributed by atoms with Gasteiger partial charge in [-0.1, -0.05) is 6.92 Å². The molecular weight excluding hydrogens is 276 g/mol. The molecule has 0 fully saturated rings. The zero-order valence-electron chi connectivity index (χ0n) is 13.7. The summed E-state index contributed by atoms with van der Waals surface area (Å²) in [6.07, 6.45) is 1.58. The fourth-order valence-electron chi connectivity index (χ4n) is 1.52. The molecule has 0 aliphatic heterocycles. The number of methoxy groups -OCH3 is 2. The van der Waals surface area contributed by atoms with Crippen LogP contribution in [0.2, 0.25) is 0 Å². The van der Waals surface area contributed by atoms with E-state index in [0.29, 0.717) is 19.3 Å². The summed E-state index contributed by atoms with van der Waals surface area (Å²) >= 11 is 0. The van der Waals surface area contributed by atoms with Crippen molar-refractivity contribution in [3.63, 3.8) is 0 Å². The highest BCUT2D eigenvalue weighted by molar-refractivity contribution is 5.94. The Morgan fingerprint density at radius 1 is 0.857 bits per heavy atom. The van der Waals surface area contributed by atoms with Crippen molar-refractivity contribution in [3.05, 3.63) is 0 Å². The predicted molar refractivity (Wildman–Crippen MR) is 77.9 cm³/mol. The van der Waals surface area contributed by atoms with Gasteiger partial charge < -0.3 is 18.9 Å². The van der Waals surface area contributed by atoms with Crippen LogP contribution < -0.4 is 0 Å². The molecule has 0 aromatic rings. The van der Waals surface area contributed by atoms with Crippen LogP contribution in [0.15, 0.2) is 0 Å². The van der Waals surface area contributed by atoms with E-state index in [-0.39, 0.29) is 25.4 Å². The van der Waals surface area contributed by atoms with Gasteiger partial charge in [-0.2, -0.15) is 0 Å². The van der Waals surface area contributed by atoms with Crippen molar-refractivity contribution in [2.24, 2.45) is 5.92 Å². The molecule has 0 N–H and O–H groups in total. The average molecular weight is 304 g/mol. The quantitative estimate of drug-likeness (QED) is 0.429. The molecule has 0 rings (SSSR count). The second-order valence-corrected chi connectivity index (χ2v) is 4.97. The van der Waals surface area contributed by atoms with E-state index < -0.39 is 17.9 Å². The van der Waals surface area contributed by atoms with Gasteiger partial charge >= 0.3 is 11.9 Å². The van der Waals surface area contributed by atoms with E-state index in [1.54, 1.807) is 21.1 Å². The van der Waals surface area contributed by atoms with E-state index in [0.717, 1.165) is 0 Å². The van der Waals surface area contributed by atoms with Crippen LogP contribution in [-0.2, 0) is 28.5 Å². The summed E-state index contributed by atoms with van der Waals surface area (Å²) in [5.41, 5.74) is 0. The van der Waals surface area contributed by atoms with Gasteiger partial charge in [-0.25, -0.2) is 0 Å². The van der Waals surface area contributed by atoms with E-state index in [2.05, 4.69) is 0 Å². The standard InChI is InChI=1S/C15H28O6/c1-6-13(14(16)20-9-7-11(2)18-4)15(17)21-10-8-12(3)19-5/h11-13H,6-10H2,1-5H3. The molecule has 0 amide bonds. The van der Waals surface area contributed by atoms with Gasteiger partial charge in [0.1, 0.15) is 0 Å². The van der Waals surface area contributed by atoms with Crippen molar-refractivity contribution >= 4 is 11.9 Å². The number of hydrogen-bond acceptors (Lipinski definition) is 6. The highest BCUT2D eigenvalue weighted by Gasteiger charge is 2.28. The molecule has 124 valence electrons. The number of carbonyl (C=O) groups excluding carboxylic acids is 2. The number of esters is 2. The Bertz CT molecular complexity index is 277. The van der Waals surface area contributed by atoms with Crippen LogP contribution in [0.4, 0.5) is 0 Å². The molecule has 0 saturated carbocycles. The lowest BCUT2D eigenvalue weighted by Crippen LogP contribution is -2.29. The fourth-order valence-corrected chi connectivity index (χ4v) is 1.52. The molecule has 0 saturated heterocycles. The van der Waals surface area contributed by atoms with Crippen molar-refractivity contribution < 1.29 is 28.5 Å². The third kappa shape index (κ3) is 8.67. The molecule has 2 atom stereocenters. The fraction of sp³-hybridized carbons (Fsp3) is 0.867. The summed E-state index contributed by atoms with van der Waals surface area (Å²) in [5.74, 6) is -1.93. The summed E-state index contributed by atoms with van der Waals surface area (Å²) in [4.78, 5) is 23.7. The number of rotatable bonds is 11. The van der Waals surface area contributed by atoms with Crippen LogP contribution >= 0.6 is 0 Å². The maximum atomic E-state index is 11.9. The summed E-state index contributed by atoms with van der Waals surface area (Å²) < 4.78 is 20.3. The first-order valence-corrected chi connectivity index (χ1v) is 7.35. The summed E-state index contributed by atoms with van der Waals surface area (Å²) in [5, 5.41) is 0. The van der Waals surface area contributed by atoms with Crippen LogP contribution in [0, 0.1) is 5.92 Å². The van der Waals surface area contributed by atoms with Gasteiger partial charge in [0.05, 0.1) is 25.4 Å². The van der Waals surface area contributed by atoms with E-state index >= 15 is 0 Å². The van der Waals surface area contributed by atoms with Crippen molar-refractivity contribution in [1.82, 2.24) is 0 Å². The minimum absolute atomic E-state index is 0.0142. The van der Waals surface area contributed by atoms with Gasteiger partial charge in [0.15, 0.2) is 5.92 Å². The van der Waals surface area contributed by atoms with Gasteiger partial charge in [0.2, 0.25) is 0 Å². The first kappa shape index (κ1) is 19.9. The molecule has 0 aliphatic carbocycles. The predicted octanol–water partition coefficient (Wildman–Crippen LogP) is 1.95. The maximum Gasteiger partial charge on any atom is 0.320 e. The summed E-state index contributed by atoms with van der Waals surface area (Å²) in [7, 11) is 3.19. The van der Waals surface area contributed by atoms with Gasteiger partial charge in [-0.3, -0.25) is 9.59 Å². The van der Waals surface area contributed by atoms with Crippen molar-refractivity contribution in [2.75, 3.05) is 27.4 Å². The average Bonchev–Trinajstić information content (AvgIpc) is 2.47. The Labute approximate surface area is 127 Å². The Morgan fingerprint density at radius 3 is 1.52 bits per heavy atom. The number of hydrogen-bond donors (Lipinski definition) is 0. The van der Waals surface area contributed by atoms with Crippen molar-refractivity contribution in [3.8, 4) is 0 Å². The SMILES string of the molecule is CCC(C(=O)OCCC(C)OC)C(=O)OCCC(C)OC. The lowest BCUT2D eigenvalue weighted by molar-refractivity contribution is -0.163. The Kier molecular flexibility index (Phi) is 10.9. The van der Waals surface area contributed by atoms with Crippen molar-refractivity contribution in [1.29, 1.82) is 0 Å². The molecule has 0 aromatic heterocycles. The molecular formula is C15H28O6. The van der Waals surface area contributed by atoms with E-state index in [1.807, 2.05) is 13.8 Å². The molecule has 0 aliphatic rings. The Hall–Kier alpha value is -1.14. The lowest BCUT2D eigenvalue weighted by atomic mass is 10.1. The molecule has 0 spiro atoms. The molecule has 6 heteroatoms. The number of carbonyl (C=O) groups is 2. The topological polar surface area (TPSA) is 71.1 Å². The number of ether oxygens (including phenoxy) is 4. The minimum atomic E-state index is -0.860. The molecule has 0 aromatic carbocycles. The monoisotopic (exact) mass is 304 g/mol. The second kappa shape index (κ2) is 11.5. The minimum Gasteiger partial charge on any atom is -0.465 e. The van der Waals surface area contributed by atoms with Crippen LogP contribution in [0.1, 0.15) is 40.0 Å². The Balaban J connectivity index is 4.10. The molecule has 0 radical (unpaired) electrons. The maximum absolute atomic E-state index is 11.9. The van der Waals surface area contributed by atoms with Crippen LogP contribution in [-0.4, -0.2) is 51.6 Å². The van der Waals surface area contributed by atoms with Gasteiger partial charge in [0, 0.05) is 27.1 Å². The normalized spacial score (nSPS) is 15.1. The second-order valence-electron chi connectivity index (χ2n) is 4.97. The summed E-state index contributed by atoms with van der Waals surface area (Å²) in [6.45, 7) is 5.99. The highest BCUT2D eigenvalue weighted by Crippen LogP contribution is 2.10.